The average molecular weight is 471 g/mol. The lowest BCUT2D eigenvalue weighted by Crippen LogP contribution is -3.00. The van der Waals surface area contributed by atoms with Crippen molar-refractivity contribution in [3.63, 3.8) is 0 Å². The Morgan fingerprint density at radius 2 is 1.78 bits per heavy atom. The molecular formula is C18H14BrCl2N3O3. The summed E-state index contributed by atoms with van der Waals surface area (Å²) in [5.74, 6) is 1.38. The monoisotopic (exact) mass is 469 g/mol. The number of aromatic nitrogens is 2. The zero-order chi connectivity index (χ0) is 18.5. The Kier molecular flexibility index (Phi) is 7.41. The molecule has 0 aliphatic carbocycles. The van der Waals surface area contributed by atoms with Gasteiger partial charge in [-0.15, -0.1) is 0 Å². The molecule has 6 nitrogen and oxygen atoms in total. The van der Waals surface area contributed by atoms with Crippen molar-refractivity contribution in [1.82, 2.24) is 4.98 Å². The number of halogens is 3. The van der Waals surface area contributed by atoms with Crippen LogP contribution in [0, 0.1) is 0 Å². The minimum absolute atomic E-state index is 0. The molecule has 9 heteroatoms. The number of ether oxygens (including phenoxy) is 2. The Labute approximate surface area is 175 Å². The van der Waals surface area contributed by atoms with Gasteiger partial charge in [-0.05, 0) is 51.3 Å². The summed E-state index contributed by atoms with van der Waals surface area (Å²) in [4.78, 5) is 17.1. The highest BCUT2D eigenvalue weighted by Gasteiger charge is 2.30. The van der Waals surface area contributed by atoms with Gasteiger partial charge in [-0.25, -0.2) is 9.78 Å². The normalized spacial score (nSPS) is 9.89. The number of pyridine rings is 2. The van der Waals surface area contributed by atoms with E-state index in [1.54, 1.807) is 66.6 Å². The van der Waals surface area contributed by atoms with Gasteiger partial charge in [0.05, 0.1) is 16.6 Å². The smallest absolute Gasteiger partial charge is 0.475 e. The predicted molar refractivity (Wildman–Crippen MR) is 100 cm³/mol. The van der Waals surface area contributed by atoms with Crippen LogP contribution >= 0.6 is 27.5 Å². The molecule has 0 saturated heterocycles. The van der Waals surface area contributed by atoms with Crippen molar-refractivity contribution in [2.75, 3.05) is 12.1 Å². The van der Waals surface area contributed by atoms with Crippen molar-refractivity contribution in [3.05, 3.63) is 76.6 Å². The highest BCUT2D eigenvalue weighted by Crippen LogP contribution is 2.26. The van der Waals surface area contributed by atoms with Gasteiger partial charge in [0.15, 0.2) is 0 Å². The molecule has 3 rings (SSSR count). The van der Waals surface area contributed by atoms with E-state index in [9.17, 15) is 4.79 Å². The van der Waals surface area contributed by atoms with Crippen LogP contribution in [0.4, 0.5) is 10.6 Å². The van der Waals surface area contributed by atoms with Crippen LogP contribution in [0.15, 0.2) is 71.6 Å². The van der Waals surface area contributed by atoms with Crippen LogP contribution in [0.2, 0.25) is 5.02 Å². The van der Waals surface area contributed by atoms with Crippen molar-refractivity contribution in [1.29, 1.82) is 0 Å². The maximum absolute atomic E-state index is 12.9. The number of hydrogen-bond acceptors (Lipinski definition) is 4. The fraction of sp³-hybridized carbons (Fsp3) is 0.0556. The molecule has 27 heavy (non-hydrogen) atoms. The lowest BCUT2D eigenvalue weighted by atomic mass is 10.3. The number of carbonyl (C=O) groups is 1. The minimum atomic E-state index is -0.637. The first-order valence-corrected chi connectivity index (χ1v) is 8.69. The number of amides is 1. The summed E-state index contributed by atoms with van der Waals surface area (Å²) >= 11 is 9.35. The Hall–Kier alpha value is -2.35. The zero-order valence-electron chi connectivity index (χ0n) is 14.1. The number of anilines is 1. The molecule has 140 valence electrons. The zero-order valence-corrected chi connectivity index (χ0v) is 17.1. The Bertz CT molecular complexity index is 911. The minimum Gasteiger partial charge on any atom is -1.00 e. The van der Waals surface area contributed by atoms with Crippen LogP contribution in [0.5, 0.6) is 11.5 Å². The highest BCUT2D eigenvalue weighted by molar-refractivity contribution is 9.10. The standard InChI is InChI=1S/C18H14BrClN3O3.ClH/c1-25-14-5-7-15(8-6-14)26-18(24)23(22-9-3-2-4-10-22)17-16(19)11-13(20)12-21-17;/h2-12H,1H3;1H/q+1;/p-1. The van der Waals surface area contributed by atoms with E-state index in [0.29, 0.717) is 26.8 Å². The maximum Gasteiger partial charge on any atom is 0.475 e. The summed E-state index contributed by atoms with van der Waals surface area (Å²) in [5, 5.41) is 1.73. The second-order valence-electron chi connectivity index (χ2n) is 5.07. The van der Waals surface area contributed by atoms with Gasteiger partial charge in [0.25, 0.3) is 0 Å². The van der Waals surface area contributed by atoms with E-state index < -0.39 is 6.09 Å². The van der Waals surface area contributed by atoms with Crippen molar-refractivity contribution in [2.45, 2.75) is 0 Å². The van der Waals surface area contributed by atoms with Gasteiger partial charge in [-0.1, -0.05) is 22.3 Å². The van der Waals surface area contributed by atoms with Gasteiger partial charge in [-0.3, -0.25) is 0 Å². The molecule has 1 amide bonds. The fourth-order valence-corrected chi connectivity index (χ4v) is 2.97. The van der Waals surface area contributed by atoms with Crippen molar-refractivity contribution in [2.24, 2.45) is 0 Å². The van der Waals surface area contributed by atoms with Gasteiger partial charge in [0, 0.05) is 18.3 Å². The van der Waals surface area contributed by atoms with Gasteiger partial charge >= 0.3 is 6.09 Å². The summed E-state index contributed by atoms with van der Waals surface area (Å²) < 4.78 is 12.7. The Morgan fingerprint density at radius 3 is 2.37 bits per heavy atom. The molecule has 0 N–H and O–H groups in total. The van der Waals surface area contributed by atoms with E-state index in [1.807, 2.05) is 6.07 Å². The van der Waals surface area contributed by atoms with Gasteiger partial charge in [-0.2, -0.15) is 0 Å². The molecule has 2 heterocycles. The van der Waals surface area contributed by atoms with Gasteiger partial charge in [0.1, 0.15) is 11.5 Å². The van der Waals surface area contributed by atoms with E-state index in [0.717, 1.165) is 0 Å². The van der Waals surface area contributed by atoms with E-state index in [-0.39, 0.29) is 12.4 Å². The summed E-state index contributed by atoms with van der Waals surface area (Å²) in [6.45, 7) is 0. The van der Waals surface area contributed by atoms with E-state index >= 15 is 0 Å². The lowest BCUT2D eigenvalue weighted by Gasteiger charge is -2.16. The van der Waals surface area contributed by atoms with Crippen LogP contribution < -0.4 is 31.6 Å². The SMILES string of the molecule is COc1ccc(OC(=O)N(c2ncc(Cl)cc2Br)[n+]2ccccc2)cc1.[Cl-]. The fourth-order valence-electron chi connectivity index (χ4n) is 2.16. The van der Waals surface area contributed by atoms with Crippen LogP contribution in [-0.2, 0) is 0 Å². The lowest BCUT2D eigenvalue weighted by molar-refractivity contribution is -0.675. The maximum atomic E-state index is 12.9. The van der Waals surface area contributed by atoms with Crippen molar-refractivity contribution in [3.8, 4) is 11.5 Å². The molecule has 0 spiro atoms. The molecule has 0 aliphatic heterocycles. The van der Waals surface area contributed by atoms with Gasteiger partial charge in [0.2, 0.25) is 18.2 Å². The van der Waals surface area contributed by atoms with Crippen molar-refractivity contribution >= 4 is 39.4 Å². The van der Waals surface area contributed by atoms with Crippen LogP contribution in [0.25, 0.3) is 0 Å². The molecule has 0 bridgehead atoms. The predicted octanol–water partition coefficient (Wildman–Crippen LogP) is 1.27. The van der Waals surface area contributed by atoms with Crippen LogP contribution in [-0.4, -0.2) is 18.2 Å². The number of benzene rings is 1. The first-order chi connectivity index (χ1) is 12.6. The number of nitrogens with zero attached hydrogens (tertiary/aromatic N) is 3. The number of rotatable bonds is 4. The van der Waals surface area contributed by atoms with Crippen LogP contribution in [0.3, 0.4) is 0 Å². The third-order valence-corrected chi connectivity index (χ3v) is 4.15. The molecule has 0 radical (unpaired) electrons. The Balaban J connectivity index is 0.00000261. The van der Waals surface area contributed by atoms with E-state index in [1.165, 1.54) is 11.2 Å². The molecular weight excluding hydrogens is 457 g/mol. The first-order valence-electron chi connectivity index (χ1n) is 7.52. The first kappa shape index (κ1) is 21.0. The molecule has 0 unspecified atom stereocenters. The molecule has 3 aromatic rings. The Morgan fingerprint density at radius 1 is 1.15 bits per heavy atom. The molecule has 0 fully saturated rings. The summed E-state index contributed by atoms with van der Waals surface area (Å²) in [5.41, 5.74) is 0. The molecule has 2 aromatic heterocycles. The van der Waals surface area contributed by atoms with E-state index in [2.05, 4.69) is 20.9 Å². The van der Waals surface area contributed by atoms with Crippen molar-refractivity contribution < 1.29 is 31.4 Å². The largest absolute Gasteiger partial charge is 1.00 e. The number of carbonyl (C=O) groups excluding carboxylic acids is 1. The second kappa shape index (κ2) is 9.55. The number of hydrogen-bond donors (Lipinski definition) is 0. The molecule has 0 atom stereocenters. The molecule has 1 aromatic carbocycles. The summed E-state index contributed by atoms with van der Waals surface area (Å²) in [6, 6.07) is 13.8. The summed E-state index contributed by atoms with van der Waals surface area (Å²) in [6.07, 6.45) is 4.23. The molecule has 0 aliphatic rings. The summed E-state index contributed by atoms with van der Waals surface area (Å²) in [7, 11) is 1.57. The number of methoxy groups -OCH3 is 1. The van der Waals surface area contributed by atoms with Gasteiger partial charge < -0.3 is 21.9 Å². The second-order valence-corrected chi connectivity index (χ2v) is 6.36. The van der Waals surface area contributed by atoms with Crippen LogP contribution in [0.1, 0.15) is 0 Å². The quantitative estimate of drug-likeness (QED) is 0.539. The van der Waals surface area contributed by atoms with E-state index in [4.69, 9.17) is 21.1 Å². The average Bonchev–Trinajstić information content (AvgIpc) is 2.65. The highest BCUT2D eigenvalue weighted by atomic mass is 79.9. The third-order valence-electron chi connectivity index (χ3n) is 3.36. The third kappa shape index (κ3) is 5.09. The molecule has 0 saturated carbocycles. The topological polar surface area (TPSA) is 55.5 Å².